The van der Waals surface area contributed by atoms with E-state index in [1.54, 1.807) is 12.5 Å². The molecule has 0 aliphatic heterocycles. The molecule has 0 radical (unpaired) electrons. The van der Waals surface area contributed by atoms with E-state index in [0.717, 1.165) is 27.8 Å². The average Bonchev–Trinajstić information content (AvgIpc) is 3.11. The smallest absolute Gasteiger partial charge is 0.191 e. The Morgan fingerprint density at radius 1 is 1.19 bits per heavy atom. The van der Waals surface area contributed by atoms with Crippen LogP contribution in [-0.2, 0) is 0 Å². The summed E-state index contributed by atoms with van der Waals surface area (Å²) in [6.07, 6.45) is 3.48. The number of rotatable bonds is 4. The van der Waals surface area contributed by atoms with Crippen LogP contribution in [0.15, 0.2) is 64.5 Å². The first kappa shape index (κ1) is 17.1. The highest BCUT2D eigenvalue weighted by molar-refractivity contribution is 7.99. The third-order valence-electron chi connectivity index (χ3n) is 4.11. The highest BCUT2D eigenvalue weighted by atomic mass is 32.2. The fourth-order valence-corrected chi connectivity index (χ4v) is 3.66. The maximum absolute atomic E-state index is 9.04. The molecule has 6 nitrogen and oxygen atoms in total. The normalized spacial score (nSPS) is 12.0. The summed E-state index contributed by atoms with van der Waals surface area (Å²) in [5.74, 6) is 0.279. The summed E-state index contributed by atoms with van der Waals surface area (Å²) < 4.78 is 5.66. The Labute approximate surface area is 160 Å². The Bertz CT molecular complexity index is 1150. The number of aromatic nitrogens is 3. The van der Waals surface area contributed by atoms with Crippen LogP contribution in [0.25, 0.3) is 22.1 Å². The van der Waals surface area contributed by atoms with Crippen molar-refractivity contribution in [3.8, 4) is 17.2 Å². The number of furan rings is 1. The van der Waals surface area contributed by atoms with Gasteiger partial charge in [-0.25, -0.2) is 9.97 Å². The van der Waals surface area contributed by atoms with Crippen LogP contribution in [0.3, 0.4) is 0 Å². The predicted octanol–water partition coefficient (Wildman–Crippen LogP) is 4.59. The lowest BCUT2D eigenvalue weighted by molar-refractivity contribution is 0.615. The highest BCUT2D eigenvalue weighted by Crippen LogP contribution is 2.36. The van der Waals surface area contributed by atoms with Gasteiger partial charge in [-0.1, -0.05) is 42.1 Å². The molecule has 4 aromatic rings. The maximum Gasteiger partial charge on any atom is 0.191 e. The van der Waals surface area contributed by atoms with Crippen molar-refractivity contribution in [1.82, 2.24) is 15.0 Å². The second-order valence-corrected chi connectivity index (χ2v) is 7.26. The predicted molar refractivity (Wildman–Crippen MR) is 105 cm³/mol. The van der Waals surface area contributed by atoms with Crippen molar-refractivity contribution in [3.63, 3.8) is 0 Å². The lowest BCUT2D eigenvalue weighted by Gasteiger charge is -2.10. The Morgan fingerprint density at radius 3 is 2.78 bits per heavy atom. The van der Waals surface area contributed by atoms with Gasteiger partial charge in [-0.3, -0.25) is 4.98 Å². The van der Waals surface area contributed by atoms with Gasteiger partial charge in [-0.05, 0) is 18.6 Å². The van der Waals surface area contributed by atoms with Gasteiger partial charge in [0, 0.05) is 17.0 Å². The summed E-state index contributed by atoms with van der Waals surface area (Å²) in [6, 6.07) is 15.6. The van der Waals surface area contributed by atoms with Crippen molar-refractivity contribution in [1.29, 1.82) is 5.26 Å². The molecule has 27 heavy (non-hydrogen) atoms. The van der Waals surface area contributed by atoms with Gasteiger partial charge in [0.05, 0.1) is 23.4 Å². The van der Waals surface area contributed by atoms with Crippen molar-refractivity contribution < 1.29 is 4.42 Å². The zero-order valence-corrected chi connectivity index (χ0v) is 15.3. The number of nitrogen functional groups attached to an aromatic ring is 1. The van der Waals surface area contributed by atoms with E-state index in [-0.39, 0.29) is 16.8 Å². The van der Waals surface area contributed by atoms with Gasteiger partial charge in [0.2, 0.25) is 0 Å². The lowest BCUT2D eigenvalue weighted by Crippen LogP contribution is -1.99. The molecule has 0 fully saturated rings. The molecule has 0 spiro atoms. The van der Waals surface area contributed by atoms with Crippen LogP contribution in [0.2, 0.25) is 0 Å². The number of anilines is 1. The first-order chi connectivity index (χ1) is 13.1. The molecule has 132 valence electrons. The first-order valence-corrected chi connectivity index (χ1v) is 9.16. The molecule has 0 bridgehead atoms. The lowest BCUT2D eigenvalue weighted by atomic mass is 10.0. The standard InChI is InChI=1S/C20H15N5OS/c1-12(27-20-24-14(9-21)7-19(22)25-20)17-8-15-16(11-26-18(15)10-23-17)13-5-3-2-4-6-13/h2-8,10-12H,1H3,(H2,22,24,25). The molecule has 3 heterocycles. The molecule has 0 aliphatic carbocycles. The Morgan fingerprint density at radius 2 is 2.00 bits per heavy atom. The Kier molecular flexibility index (Phi) is 4.48. The number of nitriles is 1. The topological polar surface area (TPSA) is 102 Å². The van der Waals surface area contributed by atoms with Crippen molar-refractivity contribution in [2.75, 3.05) is 5.73 Å². The van der Waals surface area contributed by atoms with E-state index in [1.807, 2.05) is 49.4 Å². The second-order valence-electron chi connectivity index (χ2n) is 5.95. The van der Waals surface area contributed by atoms with E-state index < -0.39 is 0 Å². The van der Waals surface area contributed by atoms with Gasteiger partial charge >= 0.3 is 0 Å². The molecule has 7 heteroatoms. The molecule has 3 aromatic heterocycles. The van der Waals surface area contributed by atoms with Crippen molar-refractivity contribution >= 4 is 28.5 Å². The van der Waals surface area contributed by atoms with E-state index in [1.165, 1.54) is 17.8 Å². The van der Waals surface area contributed by atoms with Gasteiger partial charge in [0.1, 0.15) is 17.6 Å². The molecule has 4 rings (SSSR count). The van der Waals surface area contributed by atoms with Gasteiger partial charge in [0.25, 0.3) is 0 Å². The number of hydrogen-bond donors (Lipinski definition) is 1. The minimum absolute atomic E-state index is 0.0266. The Hall–Kier alpha value is -3.37. The molecule has 2 N–H and O–H groups in total. The number of pyridine rings is 1. The summed E-state index contributed by atoms with van der Waals surface area (Å²) in [5, 5.41) is 10.5. The molecular formula is C20H15N5OS. The summed E-state index contributed by atoms with van der Waals surface area (Å²) in [6.45, 7) is 2.01. The number of fused-ring (bicyclic) bond motifs is 1. The van der Waals surface area contributed by atoms with Gasteiger partial charge in [-0.15, -0.1) is 0 Å². The van der Waals surface area contributed by atoms with Crippen LogP contribution in [0.4, 0.5) is 5.82 Å². The summed E-state index contributed by atoms with van der Waals surface area (Å²) in [7, 11) is 0. The van der Waals surface area contributed by atoms with Crippen LogP contribution < -0.4 is 5.73 Å². The van der Waals surface area contributed by atoms with Gasteiger partial charge in [0.15, 0.2) is 10.7 Å². The quantitative estimate of drug-likeness (QED) is 0.412. The zero-order valence-electron chi connectivity index (χ0n) is 14.5. The minimum Gasteiger partial charge on any atom is -0.462 e. The third-order valence-corrected chi connectivity index (χ3v) is 5.09. The molecular weight excluding hydrogens is 358 g/mol. The molecule has 0 saturated heterocycles. The van der Waals surface area contributed by atoms with E-state index in [4.69, 9.17) is 15.4 Å². The van der Waals surface area contributed by atoms with Gasteiger partial charge < -0.3 is 10.2 Å². The third kappa shape index (κ3) is 3.48. The molecule has 1 aromatic carbocycles. The fourth-order valence-electron chi connectivity index (χ4n) is 2.78. The molecule has 0 saturated carbocycles. The molecule has 0 amide bonds. The highest BCUT2D eigenvalue weighted by Gasteiger charge is 2.16. The molecule has 1 unspecified atom stereocenters. The summed E-state index contributed by atoms with van der Waals surface area (Å²) >= 11 is 1.41. The van der Waals surface area contributed by atoms with Crippen LogP contribution >= 0.6 is 11.8 Å². The maximum atomic E-state index is 9.04. The van der Waals surface area contributed by atoms with Gasteiger partial charge in [-0.2, -0.15) is 5.26 Å². The number of nitrogens with zero attached hydrogens (tertiary/aromatic N) is 4. The number of hydrogen-bond acceptors (Lipinski definition) is 7. The minimum atomic E-state index is -0.0266. The SMILES string of the molecule is CC(Sc1nc(N)cc(C#N)n1)c1cc2c(-c3ccccc3)coc2cn1. The van der Waals surface area contributed by atoms with Crippen molar-refractivity contribution in [3.05, 3.63) is 66.3 Å². The van der Waals surface area contributed by atoms with Crippen LogP contribution in [0.1, 0.15) is 23.6 Å². The molecule has 0 aliphatic rings. The first-order valence-electron chi connectivity index (χ1n) is 8.28. The Balaban J connectivity index is 1.68. The van der Waals surface area contributed by atoms with E-state index in [2.05, 4.69) is 15.0 Å². The zero-order chi connectivity index (χ0) is 18.8. The monoisotopic (exact) mass is 373 g/mol. The van der Waals surface area contributed by atoms with Crippen LogP contribution in [0.5, 0.6) is 0 Å². The number of benzene rings is 1. The van der Waals surface area contributed by atoms with E-state index in [0.29, 0.717) is 5.16 Å². The number of thioether (sulfide) groups is 1. The second kappa shape index (κ2) is 7.09. The molecule has 1 atom stereocenters. The number of nitrogens with two attached hydrogens (primary N) is 1. The summed E-state index contributed by atoms with van der Waals surface area (Å²) in [4.78, 5) is 12.9. The van der Waals surface area contributed by atoms with Crippen LogP contribution in [-0.4, -0.2) is 15.0 Å². The van der Waals surface area contributed by atoms with E-state index >= 15 is 0 Å². The van der Waals surface area contributed by atoms with Crippen LogP contribution in [0, 0.1) is 11.3 Å². The van der Waals surface area contributed by atoms with E-state index in [9.17, 15) is 0 Å². The summed E-state index contributed by atoms with van der Waals surface area (Å²) in [5.41, 5.74) is 9.73. The van der Waals surface area contributed by atoms with Crippen molar-refractivity contribution in [2.45, 2.75) is 17.3 Å². The largest absolute Gasteiger partial charge is 0.462 e. The van der Waals surface area contributed by atoms with Crippen molar-refractivity contribution in [2.24, 2.45) is 0 Å². The average molecular weight is 373 g/mol. The fraction of sp³-hybridized carbons (Fsp3) is 0.100.